The normalized spacial score (nSPS) is 17.3. The number of benzene rings is 1. The van der Waals surface area contributed by atoms with Crippen LogP contribution in [-0.4, -0.2) is 18.0 Å². The van der Waals surface area contributed by atoms with Gasteiger partial charge >= 0.3 is 5.97 Å². The molecule has 114 valence electrons. The maximum atomic E-state index is 12.2. The van der Waals surface area contributed by atoms with E-state index in [9.17, 15) is 9.59 Å². The van der Waals surface area contributed by atoms with E-state index in [1.807, 2.05) is 32.9 Å². The van der Waals surface area contributed by atoms with Crippen LogP contribution in [0.3, 0.4) is 0 Å². The Hall–Kier alpha value is -1.84. The van der Waals surface area contributed by atoms with E-state index in [2.05, 4.69) is 0 Å². The first-order valence-corrected chi connectivity index (χ1v) is 7.32. The molecule has 0 aliphatic heterocycles. The summed E-state index contributed by atoms with van der Waals surface area (Å²) in [5.41, 5.74) is 0.246. The summed E-state index contributed by atoms with van der Waals surface area (Å²) < 4.78 is 10.8. The molecule has 0 spiro atoms. The van der Waals surface area contributed by atoms with E-state index in [-0.39, 0.29) is 5.97 Å². The quantitative estimate of drug-likeness (QED) is 0.628. The molecule has 0 unspecified atom stereocenters. The molecule has 2 rings (SSSR count). The van der Waals surface area contributed by atoms with Crippen molar-refractivity contribution >= 4 is 12.4 Å². The van der Waals surface area contributed by atoms with Gasteiger partial charge in [0.05, 0.1) is 5.56 Å². The van der Waals surface area contributed by atoms with E-state index in [4.69, 9.17) is 9.47 Å². The third kappa shape index (κ3) is 3.63. The lowest BCUT2D eigenvalue weighted by molar-refractivity contribution is -0.144. The summed E-state index contributed by atoms with van der Waals surface area (Å²) in [5.74, 6) is -0.358. The Labute approximate surface area is 125 Å². The molecule has 0 bridgehead atoms. The third-order valence-corrected chi connectivity index (χ3v) is 3.71. The second-order valence-corrected chi connectivity index (χ2v) is 6.50. The van der Waals surface area contributed by atoms with Crippen molar-refractivity contribution in [1.29, 1.82) is 0 Å². The first-order valence-electron chi connectivity index (χ1n) is 7.32. The van der Waals surface area contributed by atoms with E-state index < -0.39 is 11.2 Å². The van der Waals surface area contributed by atoms with E-state index >= 15 is 0 Å². The van der Waals surface area contributed by atoms with Gasteiger partial charge in [-0.25, -0.2) is 4.79 Å². The Bertz CT molecular complexity index is 522. The SMILES string of the molecule is CC(C)(C)OC(=O)c1cccc(C2(OC=O)CCCC2)c1. The van der Waals surface area contributed by atoms with Crippen LogP contribution in [0.25, 0.3) is 0 Å². The van der Waals surface area contributed by atoms with Crippen LogP contribution in [-0.2, 0) is 19.9 Å². The first kappa shape index (κ1) is 15.5. The summed E-state index contributed by atoms with van der Waals surface area (Å²) >= 11 is 0. The van der Waals surface area contributed by atoms with Crippen LogP contribution < -0.4 is 0 Å². The highest BCUT2D eigenvalue weighted by molar-refractivity contribution is 5.89. The van der Waals surface area contributed by atoms with Gasteiger partial charge in [0.15, 0.2) is 0 Å². The molecule has 1 fully saturated rings. The molecule has 1 aliphatic carbocycles. The van der Waals surface area contributed by atoms with Crippen LogP contribution in [0.4, 0.5) is 0 Å². The zero-order valence-electron chi connectivity index (χ0n) is 12.8. The summed E-state index contributed by atoms with van der Waals surface area (Å²) in [5, 5.41) is 0. The minimum Gasteiger partial charge on any atom is -0.456 e. The Balaban J connectivity index is 2.28. The van der Waals surface area contributed by atoms with Gasteiger partial charge in [-0.1, -0.05) is 12.1 Å². The van der Waals surface area contributed by atoms with Crippen molar-refractivity contribution in [2.45, 2.75) is 57.7 Å². The molecule has 0 atom stereocenters. The van der Waals surface area contributed by atoms with Crippen LogP contribution >= 0.6 is 0 Å². The second kappa shape index (κ2) is 5.88. The predicted molar refractivity (Wildman–Crippen MR) is 78.9 cm³/mol. The average molecular weight is 290 g/mol. The van der Waals surface area contributed by atoms with Crippen molar-refractivity contribution in [1.82, 2.24) is 0 Å². The first-order chi connectivity index (χ1) is 9.86. The van der Waals surface area contributed by atoms with Crippen molar-refractivity contribution in [2.75, 3.05) is 0 Å². The predicted octanol–water partition coefficient (Wildman–Crippen LogP) is 3.58. The van der Waals surface area contributed by atoms with Crippen LogP contribution in [0.2, 0.25) is 0 Å². The maximum absolute atomic E-state index is 12.2. The molecule has 0 aromatic heterocycles. The van der Waals surface area contributed by atoms with Crippen molar-refractivity contribution in [3.63, 3.8) is 0 Å². The smallest absolute Gasteiger partial charge is 0.338 e. The molecule has 21 heavy (non-hydrogen) atoms. The van der Waals surface area contributed by atoms with Gasteiger partial charge in [-0.2, -0.15) is 0 Å². The van der Waals surface area contributed by atoms with Gasteiger partial charge in [0.1, 0.15) is 11.2 Å². The molecular formula is C17H22O4. The highest BCUT2D eigenvalue weighted by atomic mass is 16.6. The van der Waals surface area contributed by atoms with Crippen LogP contribution in [0.1, 0.15) is 62.4 Å². The van der Waals surface area contributed by atoms with Gasteiger partial charge in [-0.3, -0.25) is 4.79 Å². The fourth-order valence-electron chi connectivity index (χ4n) is 2.78. The molecule has 0 saturated heterocycles. The van der Waals surface area contributed by atoms with E-state index in [1.165, 1.54) is 0 Å². The maximum Gasteiger partial charge on any atom is 0.338 e. The zero-order chi connectivity index (χ0) is 15.5. The lowest BCUT2D eigenvalue weighted by atomic mass is 9.90. The Morgan fingerprint density at radius 2 is 1.90 bits per heavy atom. The number of rotatable bonds is 4. The lowest BCUT2D eigenvalue weighted by Gasteiger charge is -2.28. The van der Waals surface area contributed by atoms with Gasteiger partial charge < -0.3 is 9.47 Å². The molecule has 1 aliphatic rings. The van der Waals surface area contributed by atoms with Gasteiger partial charge in [0, 0.05) is 0 Å². The van der Waals surface area contributed by atoms with E-state index in [0.717, 1.165) is 31.2 Å². The molecule has 4 nitrogen and oxygen atoms in total. The largest absolute Gasteiger partial charge is 0.456 e. The Kier molecular flexibility index (Phi) is 4.35. The van der Waals surface area contributed by atoms with E-state index in [0.29, 0.717) is 12.0 Å². The number of hydrogen-bond acceptors (Lipinski definition) is 4. The van der Waals surface area contributed by atoms with E-state index in [1.54, 1.807) is 12.1 Å². The second-order valence-electron chi connectivity index (χ2n) is 6.50. The highest BCUT2D eigenvalue weighted by Gasteiger charge is 2.38. The van der Waals surface area contributed by atoms with Gasteiger partial charge in [0.25, 0.3) is 6.47 Å². The standard InChI is InChI=1S/C17H22O4/c1-16(2,3)21-15(19)13-7-6-8-14(11-13)17(20-12-18)9-4-5-10-17/h6-8,11-12H,4-5,9-10H2,1-3H3. The topological polar surface area (TPSA) is 52.6 Å². The van der Waals surface area contributed by atoms with Crippen molar-refractivity contribution in [2.24, 2.45) is 0 Å². The summed E-state index contributed by atoms with van der Waals surface area (Å²) in [6.45, 7) is 6.01. The number of ether oxygens (including phenoxy) is 2. The minimum absolute atomic E-state index is 0.358. The molecule has 1 aromatic rings. The van der Waals surface area contributed by atoms with Gasteiger partial charge in [-0.15, -0.1) is 0 Å². The summed E-state index contributed by atoms with van der Waals surface area (Å²) in [7, 11) is 0. The molecule has 1 saturated carbocycles. The molecule has 0 N–H and O–H groups in total. The monoisotopic (exact) mass is 290 g/mol. The fraction of sp³-hybridized carbons (Fsp3) is 0.529. The molecule has 0 radical (unpaired) electrons. The molecular weight excluding hydrogens is 268 g/mol. The number of carbonyl (C=O) groups excluding carboxylic acids is 2. The number of carbonyl (C=O) groups is 2. The highest BCUT2D eigenvalue weighted by Crippen LogP contribution is 2.41. The number of hydrogen-bond donors (Lipinski definition) is 0. The third-order valence-electron chi connectivity index (χ3n) is 3.71. The summed E-state index contributed by atoms with van der Waals surface area (Å²) in [6, 6.07) is 7.22. The van der Waals surface area contributed by atoms with Crippen LogP contribution in [0.15, 0.2) is 24.3 Å². The molecule has 0 heterocycles. The molecule has 4 heteroatoms. The van der Waals surface area contributed by atoms with Crippen molar-refractivity contribution in [3.8, 4) is 0 Å². The average Bonchev–Trinajstić information content (AvgIpc) is 2.87. The van der Waals surface area contributed by atoms with Crippen molar-refractivity contribution < 1.29 is 19.1 Å². The molecule has 1 aromatic carbocycles. The summed E-state index contributed by atoms with van der Waals surface area (Å²) in [6.07, 6.45) is 3.63. The summed E-state index contributed by atoms with van der Waals surface area (Å²) in [4.78, 5) is 23.0. The van der Waals surface area contributed by atoms with Gasteiger partial charge in [-0.05, 0) is 64.2 Å². The fourth-order valence-corrected chi connectivity index (χ4v) is 2.78. The molecule has 0 amide bonds. The lowest BCUT2D eigenvalue weighted by Crippen LogP contribution is -2.27. The van der Waals surface area contributed by atoms with Gasteiger partial charge in [0.2, 0.25) is 0 Å². The van der Waals surface area contributed by atoms with Crippen LogP contribution in [0.5, 0.6) is 0 Å². The minimum atomic E-state index is -0.584. The number of esters is 1. The Morgan fingerprint density at radius 3 is 2.48 bits per heavy atom. The van der Waals surface area contributed by atoms with Crippen molar-refractivity contribution in [3.05, 3.63) is 35.4 Å². The van der Waals surface area contributed by atoms with Crippen LogP contribution in [0, 0.1) is 0 Å². The Morgan fingerprint density at radius 1 is 1.24 bits per heavy atom. The zero-order valence-corrected chi connectivity index (χ0v) is 12.8.